The van der Waals surface area contributed by atoms with Crippen molar-refractivity contribution < 1.29 is 9.53 Å². The van der Waals surface area contributed by atoms with Gasteiger partial charge in [-0.25, -0.2) is 9.78 Å². The number of aromatic nitrogens is 2. The van der Waals surface area contributed by atoms with Gasteiger partial charge in [-0.3, -0.25) is 0 Å². The summed E-state index contributed by atoms with van der Waals surface area (Å²) in [6.45, 7) is 16.1. The predicted octanol–water partition coefficient (Wildman–Crippen LogP) is 3.56. The van der Waals surface area contributed by atoms with Gasteiger partial charge in [0.1, 0.15) is 5.60 Å². The summed E-state index contributed by atoms with van der Waals surface area (Å²) in [5, 5.41) is 0. The molecule has 5 heteroatoms. The molecular formula is C16H27N3O2. The van der Waals surface area contributed by atoms with E-state index in [1.807, 2.05) is 46.1 Å². The van der Waals surface area contributed by atoms with Gasteiger partial charge in [-0.15, -0.1) is 0 Å². The lowest BCUT2D eigenvalue weighted by Gasteiger charge is -2.37. The van der Waals surface area contributed by atoms with Gasteiger partial charge in [0.2, 0.25) is 0 Å². The van der Waals surface area contributed by atoms with Crippen molar-refractivity contribution in [2.24, 2.45) is 0 Å². The second kappa shape index (κ2) is 5.92. The molecule has 0 saturated heterocycles. The standard InChI is InChI=1S/C16H27N3O2/c1-12(2)10-19-11-17-9-13(19)16(6,7)18(8)14(20)21-15(3,4)5/h9,11H,1,10H2,2-8H3. The Hall–Kier alpha value is -1.78. The van der Waals surface area contributed by atoms with Gasteiger partial charge >= 0.3 is 6.09 Å². The Balaban J connectivity index is 3.02. The average Bonchev–Trinajstić information content (AvgIpc) is 2.73. The molecule has 0 aromatic carbocycles. The maximum atomic E-state index is 12.3. The van der Waals surface area contributed by atoms with Crippen LogP contribution in [0.2, 0.25) is 0 Å². The van der Waals surface area contributed by atoms with Crippen LogP contribution in [0, 0.1) is 0 Å². The molecule has 1 aromatic heterocycles. The third-order valence-electron chi connectivity index (χ3n) is 3.29. The van der Waals surface area contributed by atoms with Crippen molar-refractivity contribution in [2.45, 2.75) is 59.2 Å². The van der Waals surface area contributed by atoms with Crippen LogP contribution < -0.4 is 0 Å². The Kier molecular flexibility index (Phi) is 4.87. The maximum Gasteiger partial charge on any atom is 0.410 e. The first-order valence-electron chi connectivity index (χ1n) is 7.07. The third-order valence-corrected chi connectivity index (χ3v) is 3.29. The molecule has 0 bridgehead atoms. The lowest BCUT2D eigenvalue weighted by Crippen LogP contribution is -2.46. The lowest BCUT2D eigenvalue weighted by molar-refractivity contribution is 0.00920. The minimum atomic E-state index is -0.533. The van der Waals surface area contributed by atoms with E-state index in [1.54, 1.807) is 24.5 Å². The lowest BCUT2D eigenvalue weighted by atomic mass is 9.99. The van der Waals surface area contributed by atoms with Gasteiger partial charge in [0.15, 0.2) is 0 Å². The summed E-state index contributed by atoms with van der Waals surface area (Å²) in [5.41, 5.74) is 0.928. The minimum absolute atomic E-state index is 0.351. The van der Waals surface area contributed by atoms with E-state index in [1.165, 1.54) is 0 Å². The van der Waals surface area contributed by atoms with Crippen LogP contribution in [-0.2, 0) is 16.8 Å². The number of carbonyl (C=O) groups is 1. The molecule has 1 rings (SSSR count). The molecule has 118 valence electrons. The molecule has 21 heavy (non-hydrogen) atoms. The van der Waals surface area contributed by atoms with E-state index in [4.69, 9.17) is 4.74 Å². The molecular weight excluding hydrogens is 266 g/mol. The van der Waals surface area contributed by atoms with Gasteiger partial charge in [-0.05, 0) is 41.5 Å². The summed E-state index contributed by atoms with van der Waals surface area (Å²) >= 11 is 0. The molecule has 0 aliphatic heterocycles. The van der Waals surface area contributed by atoms with E-state index in [2.05, 4.69) is 11.6 Å². The molecule has 0 atom stereocenters. The Labute approximate surface area is 127 Å². The second-order valence-corrected chi connectivity index (χ2v) is 6.96. The van der Waals surface area contributed by atoms with Gasteiger partial charge in [-0.1, -0.05) is 12.2 Å². The second-order valence-electron chi connectivity index (χ2n) is 6.96. The molecule has 5 nitrogen and oxygen atoms in total. The van der Waals surface area contributed by atoms with E-state index in [0.29, 0.717) is 6.54 Å². The van der Waals surface area contributed by atoms with Crippen LogP contribution in [0.1, 0.15) is 47.2 Å². The van der Waals surface area contributed by atoms with Crippen LogP contribution in [-0.4, -0.2) is 33.2 Å². The summed E-state index contributed by atoms with van der Waals surface area (Å²) in [7, 11) is 1.74. The van der Waals surface area contributed by atoms with Gasteiger partial charge in [0.25, 0.3) is 0 Å². The van der Waals surface area contributed by atoms with Crippen molar-refractivity contribution in [1.29, 1.82) is 0 Å². The predicted molar refractivity (Wildman–Crippen MR) is 84.1 cm³/mol. The van der Waals surface area contributed by atoms with Crippen LogP contribution in [0.15, 0.2) is 24.7 Å². The maximum absolute atomic E-state index is 12.3. The topological polar surface area (TPSA) is 47.4 Å². The van der Waals surface area contributed by atoms with E-state index >= 15 is 0 Å². The number of imidazole rings is 1. The van der Waals surface area contributed by atoms with Crippen molar-refractivity contribution in [1.82, 2.24) is 14.5 Å². The monoisotopic (exact) mass is 293 g/mol. The largest absolute Gasteiger partial charge is 0.444 e. The summed E-state index contributed by atoms with van der Waals surface area (Å²) in [5.74, 6) is 0. The van der Waals surface area contributed by atoms with Gasteiger partial charge in [0, 0.05) is 13.6 Å². The Morgan fingerprint density at radius 1 is 1.38 bits per heavy atom. The van der Waals surface area contributed by atoms with Crippen LogP contribution in [0.4, 0.5) is 4.79 Å². The van der Waals surface area contributed by atoms with E-state index in [-0.39, 0.29) is 6.09 Å². The molecule has 0 radical (unpaired) electrons. The normalized spacial score (nSPS) is 12.1. The Morgan fingerprint density at radius 2 is 1.95 bits per heavy atom. The van der Waals surface area contributed by atoms with Crippen molar-refractivity contribution in [3.8, 4) is 0 Å². The van der Waals surface area contributed by atoms with Crippen LogP contribution in [0.25, 0.3) is 0 Å². The minimum Gasteiger partial charge on any atom is -0.444 e. The number of allylic oxidation sites excluding steroid dienone is 1. The van der Waals surface area contributed by atoms with Crippen LogP contribution >= 0.6 is 0 Å². The highest BCUT2D eigenvalue weighted by Crippen LogP contribution is 2.28. The highest BCUT2D eigenvalue weighted by atomic mass is 16.6. The molecule has 0 N–H and O–H groups in total. The molecule has 0 saturated carbocycles. The number of carbonyl (C=O) groups excluding carboxylic acids is 1. The van der Waals surface area contributed by atoms with Gasteiger partial charge in [-0.2, -0.15) is 0 Å². The number of hydrogen-bond acceptors (Lipinski definition) is 3. The number of amides is 1. The summed E-state index contributed by atoms with van der Waals surface area (Å²) in [6.07, 6.45) is 3.19. The molecule has 1 heterocycles. The first-order valence-corrected chi connectivity index (χ1v) is 7.07. The molecule has 1 aromatic rings. The van der Waals surface area contributed by atoms with Gasteiger partial charge < -0.3 is 14.2 Å². The number of nitrogens with zero attached hydrogens (tertiary/aromatic N) is 3. The zero-order valence-electron chi connectivity index (χ0n) is 14.2. The summed E-state index contributed by atoms with van der Waals surface area (Å²) < 4.78 is 7.45. The van der Waals surface area contributed by atoms with Crippen molar-refractivity contribution in [3.63, 3.8) is 0 Å². The van der Waals surface area contributed by atoms with Gasteiger partial charge in [0.05, 0.1) is 23.8 Å². The highest BCUT2D eigenvalue weighted by Gasteiger charge is 2.35. The number of hydrogen-bond donors (Lipinski definition) is 0. The quantitative estimate of drug-likeness (QED) is 0.797. The Bertz CT molecular complexity index is 524. The first kappa shape index (κ1) is 17.3. The molecule has 0 fully saturated rings. The molecule has 1 amide bonds. The highest BCUT2D eigenvalue weighted by molar-refractivity contribution is 5.69. The van der Waals surface area contributed by atoms with E-state index < -0.39 is 11.1 Å². The zero-order chi connectivity index (χ0) is 16.4. The fourth-order valence-corrected chi connectivity index (χ4v) is 1.98. The molecule has 0 aliphatic carbocycles. The average molecular weight is 293 g/mol. The van der Waals surface area contributed by atoms with E-state index in [0.717, 1.165) is 11.3 Å². The summed E-state index contributed by atoms with van der Waals surface area (Å²) in [4.78, 5) is 18.1. The molecule has 0 aliphatic rings. The van der Waals surface area contributed by atoms with Crippen molar-refractivity contribution in [3.05, 3.63) is 30.4 Å². The third kappa shape index (κ3) is 4.34. The van der Waals surface area contributed by atoms with E-state index in [9.17, 15) is 4.79 Å². The fourth-order valence-electron chi connectivity index (χ4n) is 1.98. The zero-order valence-corrected chi connectivity index (χ0v) is 14.2. The van der Waals surface area contributed by atoms with Crippen LogP contribution in [0.5, 0.6) is 0 Å². The van der Waals surface area contributed by atoms with Crippen LogP contribution in [0.3, 0.4) is 0 Å². The molecule has 0 unspecified atom stereocenters. The summed E-state index contributed by atoms with van der Waals surface area (Å²) in [6, 6.07) is 0. The smallest absolute Gasteiger partial charge is 0.410 e. The van der Waals surface area contributed by atoms with Crippen molar-refractivity contribution in [2.75, 3.05) is 7.05 Å². The first-order chi connectivity index (χ1) is 9.45. The van der Waals surface area contributed by atoms with Crippen molar-refractivity contribution >= 4 is 6.09 Å². The molecule has 0 spiro atoms. The fraction of sp³-hybridized carbons (Fsp3) is 0.625. The Morgan fingerprint density at radius 3 is 2.43 bits per heavy atom. The number of ether oxygens (including phenoxy) is 1. The SMILES string of the molecule is C=C(C)Cn1cncc1C(C)(C)N(C)C(=O)OC(C)(C)C. The number of rotatable bonds is 4.